The van der Waals surface area contributed by atoms with Gasteiger partial charge in [0.2, 0.25) is 0 Å². The van der Waals surface area contributed by atoms with Gasteiger partial charge in [0.15, 0.2) is 0 Å². The topological polar surface area (TPSA) is 38.1 Å². The average Bonchev–Trinajstić information content (AvgIpc) is 3.06. The Bertz CT molecular complexity index is 529. The zero-order valence-corrected chi connectivity index (χ0v) is 10.4. The first-order valence-corrected chi connectivity index (χ1v) is 6.58. The zero-order chi connectivity index (χ0) is 12.4. The maximum Gasteiger partial charge on any atom is 0.0568 e. The monoisotopic (exact) mass is 242 g/mol. The van der Waals surface area contributed by atoms with Gasteiger partial charge >= 0.3 is 0 Å². The van der Waals surface area contributed by atoms with Gasteiger partial charge in [0.1, 0.15) is 0 Å². The van der Waals surface area contributed by atoms with Gasteiger partial charge in [-0.05, 0) is 36.3 Å². The fourth-order valence-corrected chi connectivity index (χ4v) is 2.21. The molecule has 1 aromatic carbocycles. The molecule has 0 spiro atoms. The van der Waals surface area contributed by atoms with Crippen molar-refractivity contribution in [2.75, 3.05) is 6.61 Å². The van der Waals surface area contributed by atoms with Crippen molar-refractivity contribution in [1.29, 1.82) is 0 Å². The Morgan fingerprint density at radius 2 is 2.17 bits per heavy atom. The maximum absolute atomic E-state index is 8.97. The first-order valence-electron chi connectivity index (χ1n) is 6.58. The molecule has 3 heteroatoms. The van der Waals surface area contributed by atoms with Gasteiger partial charge in [-0.15, -0.1) is 0 Å². The molecule has 1 aliphatic carbocycles. The fraction of sp³-hybridized carbons (Fsp3) is 0.400. The lowest BCUT2D eigenvalue weighted by Gasteiger charge is -2.02. The molecule has 0 amide bonds. The molecule has 0 aliphatic heterocycles. The highest BCUT2D eigenvalue weighted by molar-refractivity contribution is 5.62. The van der Waals surface area contributed by atoms with Crippen molar-refractivity contribution in [2.24, 2.45) is 5.92 Å². The van der Waals surface area contributed by atoms with Crippen molar-refractivity contribution in [2.45, 2.75) is 25.8 Å². The third-order valence-corrected chi connectivity index (χ3v) is 3.44. The Morgan fingerprint density at radius 3 is 2.94 bits per heavy atom. The first-order chi connectivity index (χ1) is 8.85. The van der Waals surface area contributed by atoms with Crippen molar-refractivity contribution in [3.05, 3.63) is 42.2 Å². The summed E-state index contributed by atoms with van der Waals surface area (Å²) in [5.74, 6) is 0.846. The standard InChI is InChI=1S/C15H18N2O/c18-7-6-12-2-1-3-14(8-12)15-9-16-17(11-15)10-13-4-5-13/h1-3,8-9,11,13,18H,4-7,10H2. The molecule has 0 unspecified atom stereocenters. The second-order valence-corrected chi connectivity index (χ2v) is 5.07. The van der Waals surface area contributed by atoms with E-state index in [-0.39, 0.29) is 6.61 Å². The molecule has 0 atom stereocenters. The summed E-state index contributed by atoms with van der Waals surface area (Å²) in [6.07, 6.45) is 7.46. The largest absolute Gasteiger partial charge is 0.396 e. The number of rotatable bonds is 5. The molecular weight excluding hydrogens is 224 g/mol. The van der Waals surface area contributed by atoms with Crippen molar-refractivity contribution in [1.82, 2.24) is 9.78 Å². The second kappa shape index (κ2) is 4.94. The van der Waals surface area contributed by atoms with E-state index in [1.807, 2.05) is 23.0 Å². The minimum absolute atomic E-state index is 0.199. The number of aliphatic hydroxyl groups excluding tert-OH is 1. The van der Waals surface area contributed by atoms with Crippen LogP contribution in [0.1, 0.15) is 18.4 Å². The predicted octanol–water partition coefficient (Wildman–Crippen LogP) is 2.49. The van der Waals surface area contributed by atoms with Crippen molar-refractivity contribution < 1.29 is 5.11 Å². The van der Waals surface area contributed by atoms with Gasteiger partial charge in [-0.3, -0.25) is 4.68 Å². The summed E-state index contributed by atoms with van der Waals surface area (Å²) in [5.41, 5.74) is 3.52. The van der Waals surface area contributed by atoms with Crippen molar-refractivity contribution >= 4 is 0 Å². The Hall–Kier alpha value is -1.61. The van der Waals surface area contributed by atoms with Crippen molar-refractivity contribution in [3.8, 4) is 11.1 Å². The molecule has 3 rings (SSSR count). The summed E-state index contributed by atoms with van der Waals surface area (Å²) in [5, 5.41) is 13.4. The average molecular weight is 242 g/mol. The van der Waals surface area contributed by atoms with E-state index in [1.54, 1.807) is 0 Å². The number of benzene rings is 1. The van der Waals surface area contributed by atoms with E-state index >= 15 is 0 Å². The normalized spacial score (nSPS) is 14.9. The molecule has 0 saturated heterocycles. The van der Waals surface area contributed by atoms with E-state index in [4.69, 9.17) is 5.11 Å². The highest BCUT2D eigenvalue weighted by Gasteiger charge is 2.21. The SMILES string of the molecule is OCCc1cccc(-c2cnn(CC3CC3)c2)c1. The lowest BCUT2D eigenvalue weighted by molar-refractivity contribution is 0.299. The van der Waals surface area contributed by atoms with Gasteiger partial charge in [0.25, 0.3) is 0 Å². The molecular formula is C15H18N2O. The number of hydrogen-bond acceptors (Lipinski definition) is 2. The molecule has 94 valence electrons. The lowest BCUT2D eigenvalue weighted by Crippen LogP contribution is -1.99. The highest BCUT2D eigenvalue weighted by atomic mass is 16.2. The maximum atomic E-state index is 8.97. The summed E-state index contributed by atoms with van der Waals surface area (Å²) in [4.78, 5) is 0. The Balaban J connectivity index is 1.79. The summed E-state index contributed by atoms with van der Waals surface area (Å²) in [6, 6.07) is 8.32. The molecule has 18 heavy (non-hydrogen) atoms. The highest BCUT2D eigenvalue weighted by Crippen LogP contribution is 2.31. The molecule has 0 bridgehead atoms. The van der Waals surface area contributed by atoms with Crippen LogP contribution in [0.2, 0.25) is 0 Å². The lowest BCUT2D eigenvalue weighted by atomic mass is 10.0. The van der Waals surface area contributed by atoms with Crippen LogP contribution in [0.4, 0.5) is 0 Å². The first kappa shape index (κ1) is 11.5. The van der Waals surface area contributed by atoms with Crippen LogP contribution < -0.4 is 0 Å². The molecule has 2 aromatic rings. The second-order valence-electron chi connectivity index (χ2n) is 5.07. The minimum atomic E-state index is 0.199. The van der Waals surface area contributed by atoms with Gasteiger partial charge in [0, 0.05) is 24.9 Å². The van der Waals surface area contributed by atoms with Crippen LogP contribution >= 0.6 is 0 Å². The Labute approximate surface area is 107 Å². The quantitative estimate of drug-likeness (QED) is 0.874. The Morgan fingerprint density at radius 1 is 1.28 bits per heavy atom. The van der Waals surface area contributed by atoms with E-state index in [0.29, 0.717) is 6.42 Å². The number of hydrogen-bond donors (Lipinski definition) is 1. The van der Waals surface area contributed by atoms with Crippen LogP contribution in [-0.2, 0) is 13.0 Å². The van der Waals surface area contributed by atoms with Gasteiger partial charge in [0.05, 0.1) is 6.20 Å². The molecule has 1 aromatic heterocycles. The van der Waals surface area contributed by atoms with E-state index < -0.39 is 0 Å². The fourth-order valence-electron chi connectivity index (χ4n) is 2.21. The molecule has 1 heterocycles. The van der Waals surface area contributed by atoms with E-state index in [0.717, 1.165) is 18.0 Å². The third kappa shape index (κ3) is 2.62. The number of aromatic nitrogens is 2. The number of aliphatic hydroxyl groups is 1. The predicted molar refractivity (Wildman–Crippen MR) is 71.2 cm³/mol. The van der Waals surface area contributed by atoms with E-state index in [2.05, 4.69) is 23.4 Å². The van der Waals surface area contributed by atoms with Crippen LogP contribution in [0.25, 0.3) is 11.1 Å². The molecule has 3 nitrogen and oxygen atoms in total. The molecule has 1 aliphatic rings. The zero-order valence-electron chi connectivity index (χ0n) is 10.4. The van der Waals surface area contributed by atoms with Gasteiger partial charge in [-0.25, -0.2) is 0 Å². The summed E-state index contributed by atoms with van der Waals surface area (Å²) in [7, 11) is 0. The summed E-state index contributed by atoms with van der Waals surface area (Å²) >= 11 is 0. The Kier molecular flexibility index (Phi) is 3.15. The smallest absolute Gasteiger partial charge is 0.0568 e. The third-order valence-electron chi connectivity index (χ3n) is 3.44. The van der Waals surface area contributed by atoms with E-state index in [9.17, 15) is 0 Å². The number of nitrogens with zero attached hydrogens (tertiary/aromatic N) is 2. The molecule has 1 saturated carbocycles. The molecule has 1 fully saturated rings. The molecule has 0 radical (unpaired) electrons. The van der Waals surface area contributed by atoms with Crippen molar-refractivity contribution in [3.63, 3.8) is 0 Å². The van der Waals surface area contributed by atoms with Crippen LogP contribution in [0.15, 0.2) is 36.7 Å². The van der Waals surface area contributed by atoms with Crippen LogP contribution in [0.5, 0.6) is 0 Å². The molecule has 1 N–H and O–H groups in total. The van der Waals surface area contributed by atoms with Crippen LogP contribution in [0, 0.1) is 5.92 Å². The van der Waals surface area contributed by atoms with Crippen LogP contribution in [-0.4, -0.2) is 21.5 Å². The summed E-state index contributed by atoms with van der Waals surface area (Å²) in [6.45, 7) is 1.25. The summed E-state index contributed by atoms with van der Waals surface area (Å²) < 4.78 is 2.05. The minimum Gasteiger partial charge on any atom is -0.396 e. The van der Waals surface area contributed by atoms with Gasteiger partial charge < -0.3 is 5.11 Å². The van der Waals surface area contributed by atoms with Gasteiger partial charge in [-0.2, -0.15) is 5.10 Å². The van der Waals surface area contributed by atoms with E-state index in [1.165, 1.54) is 24.0 Å². The van der Waals surface area contributed by atoms with Gasteiger partial charge in [-0.1, -0.05) is 24.3 Å². The van der Waals surface area contributed by atoms with Crippen LogP contribution in [0.3, 0.4) is 0 Å².